The average Bonchev–Trinajstić information content (AvgIpc) is 2.93. The summed E-state index contributed by atoms with van der Waals surface area (Å²) in [5.74, 6) is 0.912. The van der Waals surface area contributed by atoms with Gasteiger partial charge >= 0.3 is 0 Å². The second kappa shape index (κ2) is 5.76. The van der Waals surface area contributed by atoms with Crippen LogP contribution in [-0.2, 0) is 0 Å². The van der Waals surface area contributed by atoms with Crippen LogP contribution in [0.1, 0.15) is 12.5 Å². The Kier molecular flexibility index (Phi) is 3.80. The van der Waals surface area contributed by atoms with E-state index in [2.05, 4.69) is 74.1 Å². The lowest BCUT2D eigenvalue weighted by molar-refractivity contribution is 0.601. The Hall–Kier alpha value is -2.42. The van der Waals surface area contributed by atoms with Gasteiger partial charge in [0.15, 0.2) is 0 Å². The van der Waals surface area contributed by atoms with Gasteiger partial charge in [-0.15, -0.1) is 0 Å². The SMILES string of the molecule is CCN(C)c1oc2ccccc2c1N(C)c1ccccc1C. The third-order valence-electron chi connectivity index (χ3n) is 4.18. The van der Waals surface area contributed by atoms with Crippen molar-refractivity contribution in [2.24, 2.45) is 0 Å². The molecule has 0 atom stereocenters. The van der Waals surface area contributed by atoms with Gasteiger partial charge in [0.2, 0.25) is 5.88 Å². The Morgan fingerprint density at radius 1 is 0.955 bits per heavy atom. The summed E-state index contributed by atoms with van der Waals surface area (Å²) in [4.78, 5) is 4.37. The van der Waals surface area contributed by atoms with E-state index in [0.717, 1.165) is 29.1 Å². The maximum Gasteiger partial charge on any atom is 0.220 e. The minimum atomic E-state index is 0.897. The molecule has 0 saturated heterocycles. The summed E-state index contributed by atoms with van der Waals surface area (Å²) >= 11 is 0. The monoisotopic (exact) mass is 294 g/mol. The molecule has 0 spiro atoms. The van der Waals surface area contributed by atoms with Gasteiger partial charge in [0.25, 0.3) is 0 Å². The molecule has 3 aromatic rings. The van der Waals surface area contributed by atoms with Crippen molar-refractivity contribution >= 4 is 28.2 Å². The maximum absolute atomic E-state index is 6.12. The van der Waals surface area contributed by atoms with Gasteiger partial charge in [-0.1, -0.05) is 30.3 Å². The van der Waals surface area contributed by atoms with E-state index in [-0.39, 0.29) is 0 Å². The summed E-state index contributed by atoms with van der Waals surface area (Å²) in [5, 5.41) is 1.14. The van der Waals surface area contributed by atoms with Crippen LogP contribution in [-0.4, -0.2) is 20.6 Å². The number of nitrogens with zero attached hydrogens (tertiary/aromatic N) is 2. The summed E-state index contributed by atoms with van der Waals surface area (Å²) in [5.41, 5.74) is 4.49. The van der Waals surface area contributed by atoms with Crippen LogP contribution in [0, 0.1) is 6.92 Å². The summed E-state index contributed by atoms with van der Waals surface area (Å²) in [7, 11) is 4.17. The Morgan fingerprint density at radius 3 is 2.36 bits per heavy atom. The van der Waals surface area contributed by atoms with Crippen LogP contribution >= 0.6 is 0 Å². The number of aryl methyl sites for hydroxylation is 1. The highest BCUT2D eigenvalue weighted by Gasteiger charge is 2.21. The molecule has 0 N–H and O–H groups in total. The molecule has 22 heavy (non-hydrogen) atoms. The molecule has 0 unspecified atom stereocenters. The first-order valence-corrected chi connectivity index (χ1v) is 7.65. The zero-order valence-corrected chi connectivity index (χ0v) is 13.6. The number of furan rings is 1. The van der Waals surface area contributed by atoms with Crippen LogP contribution in [0.3, 0.4) is 0 Å². The van der Waals surface area contributed by atoms with Gasteiger partial charge < -0.3 is 14.2 Å². The van der Waals surface area contributed by atoms with Gasteiger partial charge in [0, 0.05) is 31.7 Å². The van der Waals surface area contributed by atoms with Crippen LogP contribution in [0.25, 0.3) is 11.0 Å². The van der Waals surface area contributed by atoms with Crippen molar-refractivity contribution in [1.82, 2.24) is 0 Å². The van der Waals surface area contributed by atoms with Crippen LogP contribution in [0.15, 0.2) is 52.9 Å². The van der Waals surface area contributed by atoms with Crippen molar-refractivity contribution in [3.05, 3.63) is 54.1 Å². The normalized spacial score (nSPS) is 10.9. The molecule has 3 heteroatoms. The summed E-state index contributed by atoms with van der Waals surface area (Å²) in [6, 6.07) is 16.6. The van der Waals surface area contributed by atoms with E-state index in [4.69, 9.17) is 4.42 Å². The van der Waals surface area contributed by atoms with Gasteiger partial charge in [0.1, 0.15) is 11.3 Å². The van der Waals surface area contributed by atoms with Crippen molar-refractivity contribution in [1.29, 1.82) is 0 Å². The largest absolute Gasteiger partial charge is 0.438 e. The van der Waals surface area contributed by atoms with Crippen molar-refractivity contribution < 1.29 is 4.42 Å². The van der Waals surface area contributed by atoms with Gasteiger partial charge in [-0.3, -0.25) is 0 Å². The number of rotatable bonds is 4. The number of anilines is 3. The highest BCUT2D eigenvalue weighted by molar-refractivity contribution is 6.00. The Morgan fingerprint density at radius 2 is 1.64 bits per heavy atom. The molecule has 1 heterocycles. The second-order valence-electron chi connectivity index (χ2n) is 5.61. The van der Waals surface area contributed by atoms with E-state index in [1.807, 2.05) is 12.1 Å². The molecule has 0 bridgehead atoms. The summed E-state index contributed by atoms with van der Waals surface area (Å²) in [6.07, 6.45) is 0. The molecule has 0 radical (unpaired) electrons. The van der Waals surface area contributed by atoms with Crippen LogP contribution < -0.4 is 9.80 Å². The van der Waals surface area contributed by atoms with Gasteiger partial charge in [-0.25, -0.2) is 0 Å². The number of hydrogen-bond donors (Lipinski definition) is 0. The minimum absolute atomic E-state index is 0.897. The molecule has 0 aliphatic rings. The molecule has 0 fully saturated rings. The molecule has 1 aromatic heterocycles. The fourth-order valence-corrected chi connectivity index (χ4v) is 2.81. The summed E-state index contributed by atoms with van der Waals surface area (Å²) < 4.78 is 6.12. The highest BCUT2D eigenvalue weighted by Crippen LogP contribution is 2.42. The first kappa shape index (κ1) is 14.5. The van der Waals surface area contributed by atoms with Crippen LogP contribution in [0.5, 0.6) is 0 Å². The quantitative estimate of drug-likeness (QED) is 0.677. The fraction of sp³-hybridized carbons (Fsp3) is 0.263. The van der Waals surface area contributed by atoms with E-state index >= 15 is 0 Å². The molecule has 114 valence electrons. The molecular weight excluding hydrogens is 272 g/mol. The van der Waals surface area contributed by atoms with E-state index in [0.29, 0.717) is 0 Å². The number of benzene rings is 2. The molecule has 3 rings (SSSR count). The molecule has 0 amide bonds. The molecular formula is C19H22N2O. The lowest BCUT2D eigenvalue weighted by atomic mass is 10.1. The van der Waals surface area contributed by atoms with E-state index in [1.54, 1.807) is 0 Å². The molecule has 2 aromatic carbocycles. The zero-order valence-electron chi connectivity index (χ0n) is 13.6. The first-order chi connectivity index (χ1) is 10.6. The Balaban J connectivity index is 2.22. The average molecular weight is 294 g/mol. The number of fused-ring (bicyclic) bond motifs is 1. The van der Waals surface area contributed by atoms with Crippen LogP contribution in [0.4, 0.5) is 17.3 Å². The first-order valence-electron chi connectivity index (χ1n) is 7.65. The standard InChI is InChI=1S/C19H22N2O/c1-5-20(3)19-18(15-11-7-9-13-17(15)22-19)21(4)16-12-8-6-10-14(16)2/h6-13H,5H2,1-4H3. The predicted molar refractivity (Wildman–Crippen MR) is 94.4 cm³/mol. The van der Waals surface area contributed by atoms with Gasteiger partial charge in [-0.05, 0) is 37.6 Å². The lowest BCUT2D eigenvalue weighted by Gasteiger charge is -2.24. The van der Waals surface area contributed by atoms with Crippen molar-refractivity contribution in [3.63, 3.8) is 0 Å². The predicted octanol–water partition coefficient (Wildman–Crippen LogP) is 4.97. The van der Waals surface area contributed by atoms with Crippen molar-refractivity contribution in [3.8, 4) is 0 Å². The topological polar surface area (TPSA) is 19.6 Å². The third kappa shape index (κ3) is 2.33. The van der Waals surface area contributed by atoms with Crippen LogP contribution in [0.2, 0.25) is 0 Å². The van der Waals surface area contributed by atoms with E-state index in [1.165, 1.54) is 11.3 Å². The van der Waals surface area contributed by atoms with Crippen molar-refractivity contribution in [2.45, 2.75) is 13.8 Å². The maximum atomic E-state index is 6.12. The van der Waals surface area contributed by atoms with E-state index in [9.17, 15) is 0 Å². The van der Waals surface area contributed by atoms with Gasteiger partial charge in [-0.2, -0.15) is 0 Å². The Labute approximate surface area is 131 Å². The van der Waals surface area contributed by atoms with E-state index < -0.39 is 0 Å². The number of para-hydroxylation sites is 2. The molecule has 0 saturated carbocycles. The van der Waals surface area contributed by atoms with Crippen molar-refractivity contribution in [2.75, 3.05) is 30.4 Å². The fourth-order valence-electron chi connectivity index (χ4n) is 2.81. The minimum Gasteiger partial charge on any atom is -0.438 e. The summed E-state index contributed by atoms with van der Waals surface area (Å²) in [6.45, 7) is 5.16. The third-order valence-corrected chi connectivity index (χ3v) is 4.18. The highest BCUT2D eigenvalue weighted by atomic mass is 16.4. The smallest absolute Gasteiger partial charge is 0.220 e. The molecule has 3 nitrogen and oxygen atoms in total. The number of hydrogen-bond acceptors (Lipinski definition) is 3. The second-order valence-corrected chi connectivity index (χ2v) is 5.61. The zero-order chi connectivity index (χ0) is 15.7. The molecule has 0 aliphatic carbocycles. The Bertz CT molecular complexity index is 791. The molecule has 0 aliphatic heterocycles. The van der Waals surface area contributed by atoms with Gasteiger partial charge in [0.05, 0.1) is 0 Å². The lowest BCUT2D eigenvalue weighted by Crippen LogP contribution is -2.19.